The second-order valence-electron chi connectivity index (χ2n) is 21.5. The van der Waals surface area contributed by atoms with Gasteiger partial charge in [-0.25, -0.2) is 15.0 Å². The standard InChI is InChI=1S/C42H71N7O4Si3/c1-39(2,3)30-21-19-28(20-22-30)24-48-25-29(23-45-48)36-46-35(43)32-37(47-36)49(27-44-32)38-34(53-56(17,18)42(10,11)12)33(52-55(15,16)41(7,8)9)31(51-38)26-50-54(13,14)40(4,5)6/h19-23,25,27,31,33-34,38H,24,26H2,1-18H3,(H2,43,46,47)/t31-,33-,34-,38-/m1/s1. The van der Waals surface area contributed by atoms with E-state index in [0.29, 0.717) is 36.0 Å². The second-order valence-corrected chi connectivity index (χ2v) is 35.8. The summed E-state index contributed by atoms with van der Waals surface area (Å²) in [6.07, 6.45) is 3.69. The molecule has 0 saturated carbocycles. The monoisotopic (exact) mass is 821 g/mol. The molecule has 4 heterocycles. The molecular formula is C42H71N7O4Si3. The van der Waals surface area contributed by atoms with E-state index in [1.165, 1.54) is 5.56 Å². The Hall–Kier alpha value is -2.73. The quantitative estimate of drug-likeness (QED) is 0.147. The van der Waals surface area contributed by atoms with Gasteiger partial charge in [0.25, 0.3) is 0 Å². The zero-order chi connectivity index (χ0) is 42.0. The molecule has 0 amide bonds. The maximum atomic E-state index is 7.41. The average Bonchev–Trinajstić information content (AvgIpc) is 3.76. The minimum atomic E-state index is -2.37. The van der Waals surface area contributed by atoms with Crippen molar-refractivity contribution in [3.05, 3.63) is 54.1 Å². The smallest absolute Gasteiger partial charge is 0.192 e. The molecule has 0 aliphatic carbocycles. The van der Waals surface area contributed by atoms with Crippen molar-refractivity contribution in [2.24, 2.45) is 0 Å². The highest BCUT2D eigenvalue weighted by Crippen LogP contribution is 2.47. The van der Waals surface area contributed by atoms with Gasteiger partial charge in [-0.3, -0.25) is 9.25 Å². The van der Waals surface area contributed by atoms with Crippen LogP contribution in [0, 0.1) is 0 Å². The third kappa shape index (κ3) is 9.26. The molecular weight excluding hydrogens is 751 g/mol. The lowest BCUT2D eigenvalue weighted by atomic mass is 9.87. The van der Waals surface area contributed by atoms with E-state index in [2.05, 4.69) is 152 Å². The second kappa shape index (κ2) is 15.1. The number of nitrogens with zero attached hydrogens (tertiary/aromatic N) is 6. The summed E-state index contributed by atoms with van der Waals surface area (Å²) in [6.45, 7) is 41.8. The maximum Gasteiger partial charge on any atom is 0.192 e. The van der Waals surface area contributed by atoms with E-state index in [0.717, 1.165) is 11.1 Å². The molecule has 1 saturated heterocycles. The number of nitrogens with two attached hydrogens (primary N) is 1. The number of aromatic nitrogens is 6. The SMILES string of the molecule is CC(C)(C)c1ccc(Cn2cc(-c3nc(N)c4ncn([C@@H]5O[C@H](CO[Si](C)(C)C(C)(C)C)[C@@H](O[Si](C)(C)C(C)(C)C)[C@H]5O[Si](C)(C)C(C)(C)C)c4n3)cn2)cc1. The molecule has 1 fully saturated rings. The number of benzene rings is 1. The van der Waals surface area contributed by atoms with Crippen LogP contribution in [0.4, 0.5) is 5.82 Å². The summed E-state index contributed by atoms with van der Waals surface area (Å²) in [5.41, 5.74) is 11.0. The summed E-state index contributed by atoms with van der Waals surface area (Å²) in [5.74, 6) is 0.763. The lowest BCUT2D eigenvalue weighted by Gasteiger charge is -2.44. The summed E-state index contributed by atoms with van der Waals surface area (Å²) < 4.78 is 32.7. The van der Waals surface area contributed by atoms with Gasteiger partial charge < -0.3 is 23.7 Å². The van der Waals surface area contributed by atoms with Crippen LogP contribution in [0.1, 0.15) is 100 Å². The Morgan fingerprint density at radius 3 is 1.84 bits per heavy atom. The number of hydrogen-bond acceptors (Lipinski definition) is 9. The van der Waals surface area contributed by atoms with E-state index < -0.39 is 37.3 Å². The first-order valence-corrected chi connectivity index (χ1v) is 28.9. The topological polar surface area (TPSA) is 124 Å². The van der Waals surface area contributed by atoms with Crippen LogP contribution in [-0.2, 0) is 30.0 Å². The largest absolute Gasteiger partial charge is 0.414 e. The fourth-order valence-corrected chi connectivity index (χ4v) is 9.61. The molecule has 0 spiro atoms. The van der Waals surface area contributed by atoms with Crippen molar-refractivity contribution in [2.75, 3.05) is 12.3 Å². The van der Waals surface area contributed by atoms with Crippen LogP contribution in [-0.4, -0.2) is 79.2 Å². The van der Waals surface area contributed by atoms with Crippen LogP contribution < -0.4 is 5.73 Å². The Kier molecular flexibility index (Phi) is 12.0. The Morgan fingerprint density at radius 1 is 0.750 bits per heavy atom. The number of hydrogen-bond donors (Lipinski definition) is 1. The van der Waals surface area contributed by atoms with Gasteiger partial charge in [0.1, 0.15) is 23.8 Å². The molecule has 14 heteroatoms. The van der Waals surface area contributed by atoms with Crippen LogP contribution in [0.5, 0.6) is 0 Å². The molecule has 1 aliphatic rings. The van der Waals surface area contributed by atoms with E-state index >= 15 is 0 Å². The van der Waals surface area contributed by atoms with Crippen LogP contribution in [0.25, 0.3) is 22.6 Å². The van der Waals surface area contributed by atoms with E-state index in [1.54, 1.807) is 12.5 Å². The van der Waals surface area contributed by atoms with Crippen molar-refractivity contribution in [3.63, 3.8) is 0 Å². The molecule has 0 unspecified atom stereocenters. The molecule has 310 valence electrons. The van der Waals surface area contributed by atoms with Crippen molar-refractivity contribution in [1.29, 1.82) is 0 Å². The van der Waals surface area contributed by atoms with E-state index in [1.807, 2.05) is 15.4 Å². The third-order valence-corrected chi connectivity index (χ3v) is 26.4. The van der Waals surface area contributed by atoms with Gasteiger partial charge in [-0.05, 0) is 70.9 Å². The number of imidazole rings is 1. The Morgan fingerprint density at radius 2 is 1.30 bits per heavy atom. The summed E-state index contributed by atoms with van der Waals surface area (Å²) in [4.78, 5) is 14.6. The van der Waals surface area contributed by atoms with E-state index in [-0.39, 0.29) is 32.7 Å². The normalized spacial score (nSPS) is 20.7. The number of fused-ring (bicyclic) bond motifs is 1. The average molecular weight is 822 g/mol. The number of anilines is 1. The van der Waals surface area contributed by atoms with E-state index in [9.17, 15) is 0 Å². The number of nitrogen functional groups attached to an aromatic ring is 1. The first-order chi connectivity index (χ1) is 25.4. The molecule has 4 aromatic rings. The zero-order valence-electron chi connectivity index (χ0n) is 37.7. The minimum Gasteiger partial charge on any atom is -0.414 e. The summed E-state index contributed by atoms with van der Waals surface area (Å²) >= 11 is 0. The molecule has 4 atom stereocenters. The number of ether oxygens (including phenoxy) is 1. The third-order valence-electron chi connectivity index (χ3n) is 13.0. The molecule has 0 radical (unpaired) electrons. The minimum absolute atomic E-state index is 0.0317. The van der Waals surface area contributed by atoms with E-state index in [4.69, 9.17) is 38.7 Å². The van der Waals surface area contributed by atoms with Crippen molar-refractivity contribution in [3.8, 4) is 11.4 Å². The van der Waals surface area contributed by atoms with Crippen molar-refractivity contribution >= 4 is 41.9 Å². The van der Waals surface area contributed by atoms with Gasteiger partial charge in [-0.15, -0.1) is 0 Å². The van der Waals surface area contributed by atoms with Crippen molar-refractivity contribution < 1.29 is 18.0 Å². The molecule has 3 aromatic heterocycles. The molecule has 0 bridgehead atoms. The highest BCUT2D eigenvalue weighted by Gasteiger charge is 2.55. The lowest BCUT2D eigenvalue weighted by Crippen LogP contribution is -2.54. The van der Waals surface area contributed by atoms with Gasteiger partial charge in [-0.1, -0.05) is 107 Å². The predicted molar refractivity (Wildman–Crippen MR) is 236 cm³/mol. The fourth-order valence-electron chi connectivity index (χ4n) is 5.99. The van der Waals surface area contributed by atoms with Crippen LogP contribution in [0.15, 0.2) is 43.0 Å². The summed E-state index contributed by atoms with van der Waals surface area (Å²) in [7, 11) is -6.83. The van der Waals surface area contributed by atoms with Gasteiger partial charge in [0.05, 0.1) is 31.2 Å². The lowest BCUT2D eigenvalue weighted by molar-refractivity contribution is -0.0470. The molecule has 1 aromatic carbocycles. The Balaban J connectivity index is 1.57. The Bertz CT molecular complexity index is 1980. The van der Waals surface area contributed by atoms with Gasteiger partial charge in [0.2, 0.25) is 0 Å². The molecule has 1 aliphatic heterocycles. The molecule has 2 N–H and O–H groups in total. The Labute approximate surface area is 339 Å². The van der Waals surface area contributed by atoms with Gasteiger partial charge >= 0.3 is 0 Å². The van der Waals surface area contributed by atoms with Crippen LogP contribution >= 0.6 is 0 Å². The zero-order valence-corrected chi connectivity index (χ0v) is 40.7. The van der Waals surface area contributed by atoms with Gasteiger partial charge in [-0.2, -0.15) is 5.10 Å². The van der Waals surface area contributed by atoms with Crippen LogP contribution in [0.2, 0.25) is 54.4 Å². The van der Waals surface area contributed by atoms with Crippen LogP contribution in [0.3, 0.4) is 0 Å². The summed E-state index contributed by atoms with van der Waals surface area (Å²) in [6, 6.07) is 8.71. The first-order valence-electron chi connectivity index (χ1n) is 20.2. The van der Waals surface area contributed by atoms with Gasteiger partial charge in [0, 0.05) is 6.20 Å². The fraction of sp³-hybridized carbons (Fsp3) is 0.667. The van der Waals surface area contributed by atoms with Gasteiger partial charge in [0.15, 0.2) is 48.5 Å². The predicted octanol–water partition coefficient (Wildman–Crippen LogP) is 10.3. The van der Waals surface area contributed by atoms with Crippen molar-refractivity contribution in [1.82, 2.24) is 29.3 Å². The summed E-state index contributed by atoms with van der Waals surface area (Å²) in [5, 5.41) is 4.62. The van der Waals surface area contributed by atoms with Crippen molar-refractivity contribution in [2.45, 2.75) is 174 Å². The molecule has 11 nitrogen and oxygen atoms in total. The first kappa shape index (κ1) is 44.4. The molecule has 5 rings (SSSR count). The maximum absolute atomic E-state index is 7.41. The molecule has 56 heavy (non-hydrogen) atoms. The number of rotatable bonds is 11. The highest BCUT2D eigenvalue weighted by molar-refractivity contribution is 6.75. The highest BCUT2D eigenvalue weighted by atomic mass is 28.4.